The molecule has 0 aliphatic heterocycles. The molecule has 0 aliphatic rings. The van der Waals surface area contributed by atoms with Crippen LogP contribution < -0.4 is 4.74 Å². The summed E-state index contributed by atoms with van der Waals surface area (Å²) in [6.45, 7) is 13.5. The molecule has 0 saturated heterocycles. The number of ketones is 1. The fourth-order valence-electron chi connectivity index (χ4n) is 3.54. The fourth-order valence-corrected chi connectivity index (χ4v) is 3.95. The van der Waals surface area contributed by atoms with E-state index in [1.807, 2.05) is 51.3 Å². The molecule has 0 N–H and O–H groups in total. The van der Waals surface area contributed by atoms with Crippen molar-refractivity contribution in [2.75, 3.05) is 12.9 Å². The molecule has 168 valence electrons. The standard InChI is InChI=1S/C26H34O4S/c1-9-29-25(28)26(6,7)30-24-16(2)14-21(15-17(24)3)18(4)19(5)23(27)20-10-12-22(31-8)13-11-20/h10-15,18-19H,9H2,1-8H3. The number of hydrogen-bond donors (Lipinski definition) is 0. The van der Waals surface area contributed by atoms with Crippen molar-refractivity contribution < 1.29 is 19.1 Å². The summed E-state index contributed by atoms with van der Waals surface area (Å²) in [5.74, 6) is 0.303. The van der Waals surface area contributed by atoms with E-state index < -0.39 is 11.6 Å². The molecule has 2 atom stereocenters. The van der Waals surface area contributed by atoms with Crippen LogP contribution in [0.4, 0.5) is 0 Å². The number of thioether (sulfide) groups is 1. The number of rotatable bonds is 9. The van der Waals surface area contributed by atoms with Gasteiger partial charge in [-0.25, -0.2) is 4.79 Å². The molecule has 0 spiro atoms. The van der Waals surface area contributed by atoms with Gasteiger partial charge in [-0.15, -0.1) is 11.8 Å². The minimum absolute atomic E-state index is 0.0391. The number of carbonyl (C=O) groups excluding carboxylic acids is 2. The Balaban J connectivity index is 2.24. The van der Waals surface area contributed by atoms with Gasteiger partial charge in [0.2, 0.25) is 0 Å². The molecule has 0 saturated carbocycles. The molecule has 0 bridgehead atoms. The van der Waals surface area contributed by atoms with Crippen LogP contribution in [0.3, 0.4) is 0 Å². The van der Waals surface area contributed by atoms with Crippen molar-refractivity contribution in [3.63, 3.8) is 0 Å². The minimum Gasteiger partial charge on any atom is -0.476 e. The zero-order valence-electron chi connectivity index (χ0n) is 19.9. The third-order valence-electron chi connectivity index (χ3n) is 5.67. The molecule has 2 rings (SSSR count). The molecule has 0 aliphatic carbocycles. The van der Waals surface area contributed by atoms with Crippen LogP contribution in [-0.4, -0.2) is 30.2 Å². The fraction of sp³-hybridized carbons (Fsp3) is 0.462. The highest BCUT2D eigenvalue weighted by atomic mass is 32.2. The van der Waals surface area contributed by atoms with Gasteiger partial charge in [0.05, 0.1) is 6.61 Å². The number of carbonyl (C=O) groups is 2. The summed E-state index contributed by atoms with van der Waals surface area (Å²) in [5, 5.41) is 0. The Morgan fingerprint density at radius 3 is 2.06 bits per heavy atom. The molecule has 0 aromatic heterocycles. The van der Waals surface area contributed by atoms with Crippen LogP contribution in [0.2, 0.25) is 0 Å². The lowest BCUT2D eigenvalue weighted by atomic mass is 9.82. The van der Waals surface area contributed by atoms with Gasteiger partial charge in [-0.1, -0.05) is 38.1 Å². The smallest absolute Gasteiger partial charge is 0.349 e. The van der Waals surface area contributed by atoms with Crippen molar-refractivity contribution in [2.45, 2.75) is 64.9 Å². The molecule has 0 fully saturated rings. The molecule has 2 aromatic carbocycles. The zero-order chi connectivity index (χ0) is 23.3. The van der Waals surface area contributed by atoms with Gasteiger partial charge in [-0.2, -0.15) is 0 Å². The maximum Gasteiger partial charge on any atom is 0.349 e. The first-order chi connectivity index (χ1) is 14.5. The van der Waals surface area contributed by atoms with Gasteiger partial charge in [0.15, 0.2) is 11.4 Å². The monoisotopic (exact) mass is 442 g/mol. The average molecular weight is 443 g/mol. The normalized spacial score (nSPS) is 13.4. The van der Waals surface area contributed by atoms with E-state index in [2.05, 4.69) is 19.1 Å². The molecule has 2 unspecified atom stereocenters. The minimum atomic E-state index is -1.08. The molecular formula is C26H34O4S. The van der Waals surface area contributed by atoms with Gasteiger partial charge < -0.3 is 9.47 Å². The van der Waals surface area contributed by atoms with Crippen LogP contribution in [-0.2, 0) is 9.53 Å². The highest BCUT2D eigenvalue weighted by Crippen LogP contribution is 2.34. The van der Waals surface area contributed by atoms with E-state index in [1.165, 1.54) is 0 Å². The number of ether oxygens (including phenoxy) is 2. The summed E-state index contributed by atoms with van der Waals surface area (Å²) in [6, 6.07) is 11.9. The zero-order valence-corrected chi connectivity index (χ0v) is 20.7. The van der Waals surface area contributed by atoms with Crippen LogP contribution in [0.15, 0.2) is 41.3 Å². The van der Waals surface area contributed by atoms with Crippen molar-refractivity contribution in [2.24, 2.45) is 5.92 Å². The second-order valence-electron chi connectivity index (χ2n) is 8.49. The van der Waals surface area contributed by atoms with Gasteiger partial charge in [-0.05, 0) is 75.6 Å². The van der Waals surface area contributed by atoms with E-state index >= 15 is 0 Å². The maximum absolute atomic E-state index is 13.0. The first kappa shape index (κ1) is 25.0. The van der Waals surface area contributed by atoms with E-state index in [4.69, 9.17) is 9.47 Å². The third-order valence-corrected chi connectivity index (χ3v) is 6.41. The Morgan fingerprint density at radius 2 is 1.58 bits per heavy atom. The van der Waals surface area contributed by atoms with E-state index in [-0.39, 0.29) is 17.6 Å². The quantitative estimate of drug-likeness (QED) is 0.257. The largest absolute Gasteiger partial charge is 0.476 e. The number of hydrogen-bond acceptors (Lipinski definition) is 5. The summed E-state index contributed by atoms with van der Waals surface area (Å²) in [7, 11) is 0. The van der Waals surface area contributed by atoms with E-state index in [0.29, 0.717) is 12.4 Å². The predicted molar refractivity (Wildman–Crippen MR) is 127 cm³/mol. The highest BCUT2D eigenvalue weighted by Gasteiger charge is 2.33. The van der Waals surface area contributed by atoms with Gasteiger partial charge >= 0.3 is 5.97 Å². The molecule has 5 heteroatoms. The first-order valence-corrected chi connectivity index (χ1v) is 11.9. The van der Waals surface area contributed by atoms with Crippen molar-refractivity contribution >= 4 is 23.5 Å². The summed E-state index contributed by atoms with van der Waals surface area (Å²) in [5.41, 5.74) is 2.61. The summed E-state index contributed by atoms with van der Waals surface area (Å²) < 4.78 is 11.2. The Kier molecular flexibility index (Phi) is 8.35. The molecule has 4 nitrogen and oxygen atoms in total. The topological polar surface area (TPSA) is 52.6 Å². The van der Waals surface area contributed by atoms with Crippen LogP contribution >= 0.6 is 11.8 Å². The van der Waals surface area contributed by atoms with Gasteiger partial charge in [0.1, 0.15) is 5.75 Å². The van der Waals surface area contributed by atoms with Gasteiger partial charge in [0, 0.05) is 16.4 Å². The first-order valence-electron chi connectivity index (χ1n) is 10.7. The molecule has 0 amide bonds. The lowest BCUT2D eigenvalue weighted by Crippen LogP contribution is -2.40. The second-order valence-corrected chi connectivity index (χ2v) is 9.37. The van der Waals surface area contributed by atoms with Crippen molar-refractivity contribution in [3.8, 4) is 5.75 Å². The van der Waals surface area contributed by atoms with Crippen molar-refractivity contribution in [3.05, 3.63) is 58.7 Å². The summed E-state index contributed by atoms with van der Waals surface area (Å²) >= 11 is 1.66. The molecule has 0 radical (unpaired) electrons. The van der Waals surface area contributed by atoms with Crippen LogP contribution in [0.1, 0.15) is 67.6 Å². The molecular weight excluding hydrogens is 408 g/mol. The Morgan fingerprint density at radius 1 is 1.03 bits per heavy atom. The van der Waals surface area contributed by atoms with Crippen LogP contribution in [0.25, 0.3) is 0 Å². The van der Waals surface area contributed by atoms with Gasteiger partial charge in [0.25, 0.3) is 0 Å². The number of benzene rings is 2. The van der Waals surface area contributed by atoms with E-state index in [9.17, 15) is 9.59 Å². The highest BCUT2D eigenvalue weighted by molar-refractivity contribution is 7.98. The summed E-state index contributed by atoms with van der Waals surface area (Å²) in [6.07, 6.45) is 2.02. The molecule has 31 heavy (non-hydrogen) atoms. The van der Waals surface area contributed by atoms with E-state index in [0.717, 1.165) is 27.1 Å². The molecule has 0 heterocycles. The van der Waals surface area contributed by atoms with Crippen LogP contribution in [0, 0.1) is 19.8 Å². The number of esters is 1. The predicted octanol–water partition coefficient (Wildman–Crippen LogP) is 6.37. The average Bonchev–Trinajstić information content (AvgIpc) is 2.74. The lowest BCUT2D eigenvalue weighted by molar-refractivity contribution is -0.158. The molecule has 2 aromatic rings. The van der Waals surface area contributed by atoms with Crippen molar-refractivity contribution in [1.82, 2.24) is 0 Å². The summed E-state index contributed by atoms with van der Waals surface area (Å²) in [4.78, 5) is 26.4. The van der Waals surface area contributed by atoms with Crippen molar-refractivity contribution in [1.29, 1.82) is 0 Å². The SMILES string of the molecule is CCOC(=O)C(C)(C)Oc1c(C)cc(C(C)C(C)C(=O)c2ccc(SC)cc2)cc1C. The Labute approximate surface area is 190 Å². The Bertz CT molecular complexity index is 908. The van der Waals surface area contributed by atoms with Crippen LogP contribution in [0.5, 0.6) is 5.75 Å². The van der Waals surface area contributed by atoms with E-state index in [1.54, 1.807) is 32.5 Å². The Hall–Kier alpha value is -2.27. The number of aryl methyl sites for hydroxylation is 2. The van der Waals surface area contributed by atoms with Gasteiger partial charge in [-0.3, -0.25) is 4.79 Å². The number of Topliss-reactive ketones (excluding diaryl/α,β-unsaturated/α-hetero) is 1. The second kappa shape index (κ2) is 10.4. The third kappa shape index (κ3) is 5.91. The lowest BCUT2D eigenvalue weighted by Gasteiger charge is -2.27. The maximum atomic E-state index is 13.0.